The zero-order valence-corrected chi connectivity index (χ0v) is 16.6. The first-order valence-corrected chi connectivity index (χ1v) is 9.43. The molecule has 0 radical (unpaired) electrons. The van der Waals surface area contributed by atoms with Crippen LogP contribution >= 0.6 is 35.4 Å². The molecule has 28 heavy (non-hydrogen) atoms. The number of amides is 1. The summed E-state index contributed by atoms with van der Waals surface area (Å²) in [6.45, 7) is 0.168. The summed E-state index contributed by atoms with van der Waals surface area (Å²) in [5.41, 5.74) is 1.63. The predicted octanol–water partition coefficient (Wildman–Crippen LogP) is 4.31. The normalized spacial score (nSPS) is 14.4. The Hall–Kier alpha value is -2.61. The van der Waals surface area contributed by atoms with Crippen LogP contribution < -0.4 is 4.90 Å². The quantitative estimate of drug-likeness (QED) is 0.599. The molecule has 2 N–H and O–H groups in total. The summed E-state index contributed by atoms with van der Waals surface area (Å²) in [6, 6.07) is 12.2. The maximum Gasteiger partial charge on any atom is 0.352 e. The molecule has 0 spiro atoms. The van der Waals surface area contributed by atoms with Crippen LogP contribution in [0.1, 0.15) is 16.1 Å². The minimum atomic E-state index is -1.13. The molecule has 1 aliphatic heterocycles. The van der Waals surface area contributed by atoms with Crippen molar-refractivity contribution in [3.8, 4) is 0 Å². The van der Waals surface area contributed by atoms with Crippen molar-refractivity contribution in [2.45, 2.75) is 6.54 Å². The van der Waals surface area contributed by atoms with Gasteiger partial charge in [0.05, 0.1) is 10.7 Å². The first-order chi connectivity index (χ1) is 13.4. The highest BCUT2D eigenvalue weighted by molar-refractivity contribution is 7.80. The average molecular weight is 434 g/mol. The number of carboxylic acid groups (broad SMARTS) is 1. The number of hydrogen-bond acceptors (Lipinski definition) is 3. The highest BCUT2D eigenvalue weighted by atomic mass is 35.5. The van der Waals surface area contributed by atoms with Gasteiger partial charge in [-0.2, -0.15) is 0 Å². The molecule has 9 heteroatoms. The maximum absolute atomic E-state index is 12.5. The van der Waals surface area contributed by atoms with Crippen molar-refractivity contribution >= 4 is 69.0 Å². The highest BCUT2D eigenvalue weighted by Crippen LogP contribution is 2.34. The van der Waals surface area contributed by atoms with E-state index in [2.05, 4.69) is 4.98 Å². The second-order valence-corrected chi connectivity index (χ2v) is 7.51. The molecule has 1 aliphatic rings. The smallest absolute Gasteiger partial charge is 0.352 e. The number of aromatic amines is 1. The standard InChI is InChI=1S/C19H13Cl2N3O3S/c20-10-6-13(21)16-12(17(18(26)27)22-14(16)7-10)8-23-9-15(25)24(19(23)28)11-4-2-1-3-5-11/h1-7,22H,8-9H2,(H,26,27). The zero-order valence-electron chi connectivity index (χ0n) is 14.3. The van der Waals surface area contributed by atoms with Crippen LogP contribution in [0.4, 0.5) is 5.69 Å². The lowest BCUT2D eigenvalue weighted by Crippen LogP contribution is -2.32. The summed E-state index contributed by atoms with van der Waals surface area (Å²) < 4.78 is 0. The Balaban J connectivity index is 1.74. The van der Waals surface area contributed by atoms with E-state index in [1.165, 1.54) is 4.90 Å². The van der Waals surface area contributed by atoms with Gasteiger partial charge < -0.3 is 15.0 Å². The third-order valence-corrected chi connectivity index (χ3v) is 5.49. The number of carbonyl (C=O) groups is 2. The lowest BCUT2D eigenvalue weighted by molar-refractivity contribution is -0.116. The topological polar surface area (TPSA) is 76.6 Å². The molecule has 1 amide bonds. The van der Waals surface area contributed by atoms with Crippen molar-refractivity contribution in [1.29, 1.82) is 0 Å². The van der Waals surface area contributed by atoms with Gasteiger partial charge in [0.15, 0.2) is 5.11 Å². The van der Waals surface area contributed by atoms with Crippen LogP contribution in [-0.4, -0.2) is 38.5 Å². The Labute approximate surface area is 175 Å². The van der Waals surface area contributed by atoms with Crippen LogP contribution in [0.2, 0.25) is 10.0 Å². The van der Waals surface area contributed by atoms with Gasteiger partial charge in [-0.15, -0.1) is 0 Å². The number of H-pyrrole nitrogens is 1. The van der Waals surface area contributed by atoms with Crippen LogP contribution in [0.5, 0.6) is 0 Å². The zero-order chi connectivity index (χ0) is 20.0. The number of thiocarbonyl (C=S) groups is 1. The van der Waals surface area contributed by atoms with Gasteiger partial charge in [0.1, 0.15) is 12.2 Å². The largest absolute Gasteiger partial charge is 0.477 e. The van der Waals surface area contributed by atoms with E-state index in [0.717, 1.165) is 0 Å². The van der Waals surface area contributed by atoms with Gasteiger partial charge in [-0.3, -0.25) is 9.69 Å². The van der Waals surface area contributed by atoms with Crippen molar-refractivity contribution in [2.75, 3.05) is 11.4 Å². The van der Waals surface area contributed by atoms with Crippen LogP contribution in [0.15, 0.2) is 42.5 Å². The molecule has 3 aromatic rings. The number of benzene rings is 2. The fourth-order valence-electron chi connectivity index (χ4n) is 3.35. The number of carbonyl (C=O) groups excluding carboxylic acids is 1. The summed E-state index contributed by atoms with van der Waals surface area (Å²) in [6.07, 6.45) is 0. The molecule has 2 heterocycles. The van der Waals surface area contributed by atoms with Crippen LogP contribution in [0.3, 0.4) is 0 Å². The Bertz CT molecular complexity index is 1130. The number of nitrogens with one attached hydrogen (secondary N) is 1. The summed E-state index contributed by atoms with van der Waals surface area (Å²) in [5, 5.41) is 11.2. The van der Waals surface area contributed by atoms with Crippen LogP contribution in [-0.2, 0) is 11.3 Å². The summed E-state index contributed by atoms with van der Waals surface area (Å²) in [7, 11) is 0. The first kappa shape index (κ1) is 18.7. The number of nitrogens with zero attached hydrogens (tertiary/aromatic N) is 2. The van der Waals surface area contributed by atoms with Crippen molar-refractivity contribution in [3.63, 3.8) is 0 Å². The van der Waals surface area contributed by atoms with Gasteiger partial charge in [0.2, 0.25) is 0 Å². The first-order valence-electron chi connectivity index (χ1n) is 8.26. The molecule has 4 rings (SSSR count). The molecular formula is C19H13Cl2N3O3S. The molecule has 1 aromatic heterocycles. The number of anilines is 1. The molecule has 0 unspecified atom stereocenters. The van der Waals surface area contributed by atoms with Gasteiger partial charge in [-0.25, -0.2) is 4.79 Å². The third kappa shape index (κ3) is 3.11. The van der Waals surface area contributed by atoms with Gasteiger partial charge in [0, 0.05) is 28.0 Å². The van der Waals surface area contributed by atoms with Gasteiger partial charge >= 0.3 is 5.97 Å². The third-order valence-electron chi connectivity index (χ3n) is 4.53. The highest BCUT2D eigenvalue weighted by Gasteiger charge is 2.35. The van der Waals surface area contributed by atoms with E-state index in [0.29, 0.717) is 37.3 Å². The van der Waals surface area contributed by atoms with Crippen molar-refractivity contribution < 1.29 is 14.7 Å². The van der Waals surface area contributed by atoms with E-state index < -0.39 is 5.97 Å². The van der Waals surface area contributed by atoms with E-state index in [9.17, 15) is 14.7 Å². The molecule has 142 valence electrons. The summed E-state index contributed by atoms with van der Waals surface area (Å²) >= 11 is 17.9. The number of halogens is 2. The van der Waals surface area contributed by atoms with E-state index in [4.69, 9.17) is 35.4 Å². The SMILES string of the molecule is O=C(O)c1[nH]c2cc(Cl)cc(Cl)c2c1CN1CC(=O)N(c2ccccc2)C1=S. The van der Waals surface area contributed by atoms with E-state index >= 15 is 0 Å². The van der Waals surface area contributed by atoms with Gasteiger partial charge in [-0.05, 0) is 36.5 Å². The molecule has 0 bridgehead atoms. The maximum atomic E-state index is 12.5. The second kappa shape index (κ2) is 7.09. The van der Waals surface area contributed by atoms with E-state index in [1.54, 1.807) is 29.2 Å². The monoisotopic (exact) mass is 433 g/mol. The van der Waals surface area contributed by atoms with Gasteiger partial charge in [0.25, 0.3) is 5.91 Å². The predicted molar refractivity (Wildman–Crippen MR) is 112 cm³/mol. The number of fused-ring (bicyclic) bond motifs is 1. The molecule has 1 saturated heterocycles. The average Bonchev–Trinajstić information content (AvgIpc) is 3.13. The lowest BCUT2D eigenvalue weighted by atomic mass is 10.1. The van der Waals surface area contributed by atoms with Crippen LogP contribution in [0, 0.1) is 0 Å². The molecule has 0 aliphatic carbocycles. The molecule has 0 saturated carbocycles. The van der Waals surface area contributed by atoms with Crippen molar-refractivity contribution in [3.05, 3.63) is 63.8 Å². The minimum Gasteiger partial charge on any atom is -0.477 e. The molecule has 0 atom stereocenters. The molecule has 6 nitrogen and oxygen atoms in total. The number of aromatic nitrogens is 1. The molecular weight excluding hydrogens is 421 g/mol. The molecule has 1 fully saturated rings. The number of aromatic carboxylic acids is 1. The Morgan fingerprint density at radius 3 is 2.61 bits per heavy atom. The Morgan fingerprint density at radius 1 is 1.21 bits per heavy atom. The Morgan fingerprint density at radius 2 is 1.93 bits per heavy atom. The fraction of sp³-hybridized carbons (Fsp3) is 0.105. The minimum absolute atomic E-state index is 0.00687. The summed E-state index contributed by atoms with van der Waals surface area (Å²) in [4.78, 5) is 30.3. The second-order valence-electron chi connectivity index (χ2n) is 6.30. The van der Waals surface area contributed by atoms with E-state index in [-0.39, 0.29) is 24.7 Å². The van der Waals surface area contributed by atoms with E-state index in [1.807, 2.05) is 18.2 Å². The number of para-hydroxylation sites is 1. The Kier molecular flexibility index (Phi) is 4.74. The van der Waals surface area contributed by atoms with Crippen LogP contribution in [0.25, 0.3) is 10.9 Å². The van der Waals surface area contributed by atoms with Gasteiger partial charge in [-0.1, -0.05) is 41.4 Å². The number of rotatable bonds is 4. The lowest BCUT2D eigenvalue weighted by Gasteiger charge is -2.20. The summed E-state index contributed by atoms with van der Waals surface area (Å²) in [5.74, 6) is -1.31. The molecule has 2 aromatic carbocycles. The van der Waals surface area contributed by atoms with Crippen molar-refractivity contribution in [1.82, 2.24) is 9.88 Å². The van der Waals surface area contributed by atoms with Crippen molar-refractivity contribution in [2.24, 2.45) is 0 Å². The number of hydrogen-bond donors (Lipinski definition) is 2. The fourth-order valence-corrected chi connectivity index (χ4v) is 4.29. The number of carboxylic acids is 1.